The lowest BCUT2D eigenvalue weighted by Gasteiger charge is -2.12. The van der Waals surface area contributed by atoms with Crippen LogP contribution in [0.2, 0.25) is 0 Å². The molecular formula is C21H14N2O2. The Kier molecular flexibility index (Phi) is 2.82. The minimum Gasteiger partial charge on any atom is -0.497 e. The third kappa shape index (κ3) is 1.88. The molecule has 25 heavy (non-hydrogen) atoms. The monoisotopic (exact) mass is 326 g/mol. The smallest absolute Gasteiger partial charge is 0.266 e. The molecule has 4 heteroatoms. The Bertz CT molecular complexity index is 1350. The van der Waals surface area contributed by atoms with Gasteiger partial charge in [-0.3, -0.25) is 9.20 Å². The molecule has 2 aromatic heterocycles. The van der Waals surface area contributed by atoms with E-state index in [-0.39, 0.29) is 5.56 Å². The Morgan fingerprint density at radius 1 is 0.840 bits per heavy atom. The van der Waals surface area contributed by atoms with Crippen LogP contribution in [0.3, 0.4) is 0 Å². The van der Waals surface area contributed by atoms with Crippen LogP contribution < -0.4 is 10.3 Å². The molecule has 0 spiro atoms. The van der Waals surface area contributed by atoms with Crippen molar-refractivity contribution in [3.63, 3.8) is 0 Å². The third-order valence-electron chi connectivity index (χ3n) is 4.68. The van der Waals surface area contributed by atoms with Crippen molar-refractivity contribution >= 4 is 38.2 Å². The van der Waals surface area contributed by atoms with Gasteiger partial charge in [-0.15, -0.1) is 0 Å². The van der Waals surface area contributed by atoms with E-state index in [9.17, 15) is 4.79 Å². The van der Waals surface area contributed by atoms with Gasteiger partial charge in [0.05, 0.1) is 23.5 Å². The predicted molar refractivity (Wildman–Crippen MR) is 101 cm³/mol. The van der Waals surface area contributed by atoms with Crippen LogP contribution in [0.25, 0.3) is 38.2 Å². The van der Waals surface area contributed by atoms with Crippen molar-refractivity contribution in [1.82, 2.24) is 9.38 Å². The number of rotatable bonds is 1. The summed E-state index contributed by atoms with van der Waals surface area (Å²) in [6, 6.07) is 21.2. The molecule has 120 valence electrons. The molecule has 0 aliphatic rings. The Morgan fingerprint density at radius 3 is 2.44 bits per heavy atom. The molecule has 0 aliphatic heterocycles. The number of para-hydroxylation sites is 2. The quantitative estimate of drug-likeness (QED) is 0.343. The van der Waals surface area contributed by atoms with E-state index in [1.165, 1.54) is 0 Å². The maximum atomic E-state index is 13.2. The van der Waals surface area contributed by atoms with Crippen molar-refractivity contribution in [2.24, 2.45) is 0 Å². The molecule has 0 N–H and O–H groups in total. The lowest BCUT2D eigenvalue weighted by Crippen LogP contribution is -2.16. The van der Waals surface area contributed by atoms with Gasteiger partial charge in [-0.25, -0.2) is 4.98 Å². The van der Waals surface area contributed by atoms with Gasteiger partial charge < -0.3 is 4.74 Å². The minimum absolute atomic E-state index is 0.0467. The second-order valence-corrected chi connectivity index (χ2v) is 6.02. The number of nitrogens with zero attached hydrogens (tertiary/aromatic N) is 2. The highest BCUT2D eigenvalue weighted by Crippen LogP contribution is 2.31. The molecular weight excluding hydrogens is 312 g/mol. The normalized spacial score (nSPS) is 11.6. The number of fused-ring (bicyclic) bond motifs is 7. The van der Waals surface area contributed by atoms with Crippen LogP contribution in [0.15, 0.2) is 71.5 Å². The first kappa shape index (κ1) is 14.0. The number of pyridine rings is 1. The SMILES string of the molecule is COc1ccc2c(c1)c1ccccc1n1c(=O)c3ccccc3nc21. The maximum Gasteiger partial charge on any atom is 0.266 e. The van der Waals surface area contributed by atoms with Gasteiger partial charge in [0, 0.05) is 10.8 Å². The highest BCUT2D eigenvalue weighted by Gasteiger charge is 2.13. The molecule has 2 heterocycles. The van der Waals surface area contributed by atoms with E-state index < -0.39 is 0 Å². The number of hydrogen-bond acceptors (Lipinski definition) is 3. The van der Waals surface area contributed by atoms with Gasteiger partial charge in [-0.05, 0) is 41.8 Å². The van der Waals surface area contributed by atoms with Crippen molar-refractivity contribution in [3.8, 4) is 5.75 Å². The van der Waals surface area contributed by atoms with Crippen LogP contribution in [0, 0.1) is 0 Å². The summed E-state index contributed by atoms with van der Waals surface area (Å²) in [7, 11) is 1.65. The van der Waals surface area contributed by atoms with Crippen LogP contribution >= 0.6 is 0 Å². The van der Waals surface area contributed by atoms with Crippen LogP contribution in [0.5, 0.6) is 5.75 Å². The predicted octanol–water partition coefficient (Wildman–Crippen LogP) is 4.16. The molecule has 0 amide bonds. The van der Waals surface area contributed by atoms with Crippen molar-refractivity contribution < 1.29 is 4.74 Å². The summed E-state index contributed by atoms with van der Waals surface area (Å²) in [6.45, 7) is 0. The van der Waals surface area contributed by atoms with E-state index in [4.69, 9.17) is 9.72 Å². The second kappa shape index (κ2) is 5.05. The van der Waals surface area contributed by atoms with E-state index in [0.717, 1.165) is 27.4 Å². The highest BCUT2D eigenvalue weighted by molar-refractivity contribution is 6.12. The van der Waals surface area contributed by atoms with Crippen LogP contribution in [-0.2, 0) is 0 Å². The van der Waals surface area contributed by atoms with E-state index in [1.54, 1.807) is 11.5 Å². The summed E-state index contributed by atoms with van der Waals surface area (Å²) in [6.07, 6.45) is 0. The number of hydrogen-bond donors (Lipinski definition) is 0. The molecule has 0 saturated carbocycles. The fourth-order valence-electron chi connectivity index (χ4n) is 3.50. The van der Waals surface area contributed by atoms with Crippen molar-refractivity contribution in [1.29, 1.82) is 0 Å². The lowest BCUT2D eigenvalue weighted by molar-refractivity contribution is 0.415. The largest absolute Gasteiger partial charge is 0.497 e. The first-order valence-corrected chi connectivity index (χ1v) is 8.08. The van der Waals surface area contributed by atoms with Crippen molar-refractivity contribution in [2.45, 2.75) is 0 Å². The Balaban J connectivity index is 2.17. The summed E-state index contributed by atoms with van der Waals surface area (Å²) in [5, 5.41) is 3.58. The van der Waals surface area contributed by atoms with Crippen LogP contribution in [0.4, 0.5) is 0 Å². The number of benzene rings is 3. The zero-order valence-electron chi connectivity index (χ0n) is 13.6. The van der Waals surface area contributed by atoms with E-state index >= 15 is 0 Å². The van der Waals surface area contributed by atoms with Gasteiger partial charge in [0.2, 0.25) is 0 Å². The first-order chi connectivity index (χ1) is 12.3. The van der Waals surface area contributed by atoms with Crippen LogP contribution in [0.1, 0.15) is 0 Å². The summed E-state index contributed by atoms with van der Waals surface area (Å²) < 4.78 is 7.10. The Hall–Kier alpha value is -3.40. The van der Waals surface area contributed by atoms with Gasteiger partial charge >= 0.3 is 0 Å². The minimum atomic E-state index is -0.0467. The molecule has 5 rings (SSSR count). The fourth-order valence-corrected chi connectivity index (χ4v) is 3.50. The second-order valence-electron chi connectivity index (χ2n) is 6.02. The van der Waals surface area contributed by atoms with Gasteiger partial charge in [0.15, 0.2) is 0 Å². The molecule has 0 radical (unpaired) electrons. The van der Waals surface area contributed by atoms with E-state index in [2.05, 4.69) is 0 Å². The molecule has 0 unspecified atom stereocenters. The Morgan fingerprint density at radius 2 is 1.60 bits per heavy atom. The zero-order valence-corrected chi connectivity index (χ0v) is 13.6. The molecule has 0 fully saturated rings. The summed E-state index contributed by atoms with van der Waals surface area (Å²) in [5.74, 6) is 0.783. The first-order valence-electron chi connectivity index (χ1n) is 8.08. The average Bonchev–Trinajstić information content (AvgIpc) is 2.67. The molecule has 0 bridgehead atoms. The summed E-state index contributed by atoms with van der Waals surface area (Å²) in [5.41, 5.74) is 2.18. The van der Waals surface area contributed by atoms with Gasteiger partial charge in [0.25, 0.3) is 5.56 Å². The molecule has 0 aliphatic carbocycles. The number of methoxy groups -OCH3 is 1. The molecule has 0 atom stereocenters. The number of ether oxygens (including phenoxy) is 1. The standard InChI is InChI=1S/C21H14N2O2/c1-25-13-10-11-15-17(12-13)14-6-3-5-9-19(14)23-20(15)22-18-8-4-2-7-16(18)21(23)24/h2-12H,1H3. The molecule has 0 saturated heterocycles. The highest BCUT2D eigenvalue weighted by atomic mass is 16.5. The topological polar surface area (TPSA) is 43.6 Å². The van der Waals surface area contributed by atoms with E-state index in [0.29, 0.717) is 16.6 Å². The fraction of sp³-hybridized carbons (Fsp3) is 0.0476. The molecule has 3 aromatic carbocycles. The lowest BCUT2D eigenvalue weighted by atomic mass is 10.0. The van der Waals surface area contributed by atoms with Gasteiger partial charge in [-0.1, -0.05) is 30.3 Å². The molecule has 5 aromatic rings. The maximum absolute atomic E-state index is 13.2. The van der Waals surface area contributed by atoms with Gasteiger partial charge in [0.1, 0.15) is 11.4 Å². The van der Waals surface area contributed by atoms with Gasteiger partial charge in [-0.2, -0.15) is 0 Å². The molecule has 4 nitrogen and oxygen atoms in total. The van der Waals surface area contributed by atoms with Crippen LogP contribution in [-0.4, -0.2) is 16.5 Å². The summed E-state index contributed by atoms with van der Waals surface area (Å²) in [4.78, 5) is 18.0. The summed E-state index contributed by atoms with van der Waals surface area (Å²) >= 11 is 0. The van der Waals surface area contributed by atoms with Crippen molar-refractivity contribution in [2.75, 3.05) is 7.11 Å². The Labute approximate surface area is 142 Å². The average molecular weight is 326 g/mol. The zero-order chi connectivity index (χ0) is 17.0. The van der Waals surface area contributed by atoms with Crippen molar-refractivity contribution in [3.05, 3.63) is 77.1 Å². The third-order valence-corrected chi connectivity index (χ3v) is 4.68. The number of aromatic nitrogens is 2. The van der Waals surface area contributed by atoms with E-state index in [1.807, 2.05) is 66.7 Å².